The number of quaternary nitrogens is 3. The minimum Gasteiger partial charge on any atom is -0.412 e. The van der Waals surface area contributed by atoms with Gasteiger partial charge in [-0.2, -0.15) is 0 Å². The summed E-state index contributed by atoms with van der Waals surface area (Å²) in [6, 6.07) is 34.7. The van der Waals surface area contributed by atoms with Crippen molar-refractivity contribution in [1.82, 2.24) is 6.55 Å². The van der Waals surface area contributed by atoms with Gasteiger partial charge in [0.15, 0.2) is 0 Å². The Balaban J connectivity index is 0.00000773. The fourth-order valence-corrected chi connectivity index (χ4v) is 25.9. The average molecular weight is 1360 g/mol. The number of aliphatic imine (C=N–C) groups is 4. The summed E-state index contributed by atoms with van der Waals surface area (Å²) in [5.74, 6) is 1.52. The molecular formula is C67H70GaN11O10S3-3. The van der Waals surface area contributed by atoms with Crippen LogP contribution in [-0.4, -0.2) is 164 Å². The number of benzene rings is 8. The van der Waals surface area contributed by atoms with E-state index in [-0.39, 0.29) is 102 Å². The molecule has 0 fully saturated rings. The van der Waals surface area contributed by atoms with Gasteiger partial charge in [0.05, 0.1) is 0 Å². The molecule has 4 aliphatic heterocycles. The van der Waals surface area contributed by atoms with Crippen molar-refractivity contribution in [2.45, 2.75) is 83.9 Å². The Morgan fingerprint density at radius 1 is 0.359 bits per heavy atom. The minimum absolute atomic E-state index is 0. The van der Waals surface area contributed by atoms with Crippen LogP contribution in [0, 0.1) is 6.92 Å². The predicted octanol–water partition coefficient (Wildman–Crippen LogP) is 9.26. The third kappa shape index (κ3) is 8.22. The molecule has 25 heteroatoms. The van der Waals surface area contributed by atoms with Crippen LogP contribution in [0.4, 0.5) is 11.6 Å². The van der Waals surface area contributed by atoms with Crippen LogP contribution in [0.15, 0.2) is 166 Å². The number of fused-ring (bicyclic) bond motifs is 18. The standard InChI is InChI=1S/C67H73N11O9S3.Ga.H2O/c1-11-76(12-2,13-3)88(79,80,81)57-29-21-26-42-33-50-54(37-46(42)57)66-71-61(50)69-64-53-36-45-40(10)24-20-25-41(45)32-49(53)60(68-64)70-65-55-38-47-43(27-22-30-58(47)89(82,83,84)77(14-4,15-5)16-6)34-51(55)62(72-65)74-67-56-39-48-44(35-52(56)63(73-66)75-67)28-23-31-59(48)90(85,86,87)78(17-7,18-8)19-9;;/h20-39H,11-19H2,1-10H3,(H5-3,68,69,70,71,72,73,74,75,79,80,81,82,83,84,85,86,87);;1H2/q;+2;/p-5. The maximum atomic E-state index is 15.3. The Kier molecular flexibility index (Phi) is 14.3. The number of nitrogens with zero attached hydrogens (tertiary/aromatic N) is 11. The average Bonchev–Trinajstić information content (AvgIpc) is 0.995. The van der Waals surface area contributed by atoms with Crippen LogP contribution in [0.1, 0.15) is 90.1 Å². The quantitative estimate of drug-likeness (QED) is 0.0696. The van der Waals surface area contributed by atoms with Crippen LogP contribution in [0.5, 0.6) is 0 Å². The van der Waals surface area contributed by atoms with E-state index in [4.69, 9.17) is 30.0 Å². The normalized spacial score (nSPS) is 16.2. The van der Waals surface area contributed by atoms with E-state index >= 15 is 39.9 Å². The van der Waals surface area contributed by atoms with Gasteiger partial charge in [-0.25, -0.2) is 0 Å². The molecule has 2 N–H and O–H groups in total. The first-order chi connectivity index (χ1) is 43.1. The van der Waals surface area contributed by atoms with E-state index in [0.717, 1.165) is 16.3 Å². The smallest absolute Gasteiger partial charge is 0.412 e. The number of aromatic nitrogens is 2. The van der Waals surface area contributed by atoms with Crippen molar-refractivity contribution in [2.75, 3.05) is 58.9 Å². The van der Waals surface area contributed by atoms with Gasteiger partial charge in [-0.15, -0.1) is 0 Å². The summed E-state index contributed by atoms with van der Waals surface area (Å²) in [5.41, 5.74) is 3.83. The van der Waals surface area contributed by atoms with Gasteiger partial charge < -0.3 is 5.48 Å². The van der Waals surface area contributed by atoms with E-state index in [1.807, 2.05) is 49.9 Å². The van der Waals surface area contributed by atoms with Crippen LogP contribution in [0.2, 0.25) is 0 Å². The largest absolute Gasteiger partial charge is 0.412 e. The third-order valence-electron chi connectivity index (χ3n) is 20.8. The summed E-state index contributed by atoms with van der Waals surface area (Å²) in [5, 5.41) is 5.57. The molecule has 0 amide bonds. The third-order valence-corrected chi connectivity index (χ3v) is 33.4. The number of hydrogen-bond acceptors (Lipinski definition) is 15. The molecule has 0 saturated carbocycles. The summed E-state index contributed by atoms with van der Waals surface area (Å²) in [6.45, 7) is 17.5. The Hall–Kier alpha value is -7.15. The van der Waals surface area contributed by atoms with Crippen LogP contribution >= 0.6 is 0 Å². The summed E-state index contributed by atoms with van der Waals surface area (Å²) in [7, 11) is -18.8. The zero-order valence-corrected chi connectivity index (χ0v) is 57.7. The molecule has 6 heterocycles. The van der Waals surface area contributed by atoms with E-state index < -0.39 is 63.9 Å². The van der Waals surface area contributed by atoms with Crippen molar-refractivity contribution >= 4 is 147 Å². The molecule has 10 aromatic rings. The second kappa shape index (κ2) is 20.7. The van der Waals surface area contributed by atoms with Crippen molar-refractivity contribution in [3.63, 3.8) is 0 Å². The van der Waals surface area contributed by atoms with Crippen molar-refractivity contribution < 1.29 is 57.1 Å². The number of sulfonamides is 9. The Morgan fingerprint density at radius 3 is 1.08 bits per heavy atom. The summed E-state index contributed by atoms with van der Waals surface area (Å²) in [6.07, 6.45) is 0. The molecule has 14 rings (SSSR count). The molecule has 0 spiro atoms. The van der Waals surface area contributed by atoms with Gasteiger partial charge in [0.25, 0.3) is 0 Å². The molecule has 0 saturated heterocycles. The zero-order valence-electron chi connectivity index (χ0n) is 52.8. The monoisotopic (exact) mass is 1350 g/mol. The van der Waals surface area contributed by atoms with Crippen molar-refractivity contribution in [2.24, 2.45) is 30.0 Å². The summed E-state index contributed by atoms with van der Waals surface area (Å²) >= 11 is -2.51. The number of amidine groups is 4. The van der Waals surface area contributed by atoms with Gasteiger partial charge in [-0.05, 0) is 0 Å². The van der Waals surface area contributed by atoms with Crippen molar-refractivity contribution in [1.29, 1.82) is 0 Å². The first-order valence-electron chi connectivity index (χ1n) is 31.1. The van der Waals surface area contributed by atoms with Gasteiger partial charge >= 0.3 is 538 Å². The van der Waals surface area contributed by atoms with Gasteiger partial charge in [0, 0.05) is 0 Å². The molecule has 1 radical (unpaired) electrons. The van der Waals surface area contributed by atoms with Gasteiger partial charge in [-0.3, -0.25) is 0 Å². The van der Waals surface area contributed by atoms with Crippen LogP contribution in [0.3, 0.4) is 0 Å². The molecule has 0 unspecified atom stereocenters. The summed E-state index contributed by atoms with van der Waals surface area (Å²) in [4.78, 5) is 31.5. The molecule has 8 aromatic carbocycles. The fourth-order valence-electron chi connectivity index (χ4n) is 15.1. The van der Waals surface area contributed by atoms with Gasteiger partial charge in [0.2, 0.25) is 0 Å². The first kappa shape index (κ1) is 63.6. The maximum Gasteiger partial charge on any atom is -0.412 e. The predicted molar refractivity (Wildman–Crippen MR) is 359 cm³/mol. The zero-order chi connectivity index (χ0) is 64.6. The molecule has 0 atom stereocenters. The topological polar surface area (TPSA) is 305 Å². The van der Waals surface area contributed by atoms with Crippen molar-refractivity contribution in [3.05, 3.63) is 160 Å². The molecular weight excluding hydrogens is 1280 g/mol. The SMILES string of the molecule is CC[N+](CC)(CC)S(=O)([O-])([O-])c1cccc2cc3c(cc12)C1=Nc2c4cc5cccc(S(=O)([O-])([O-])[N+](CC)(CC)CC)c5cc4c4[n]2[Ga][n]2c(c5cc6cccc(S(=O)([O-])([O-])[N+](CC)(CC)CC)c6cc5c2=NC3=N1)=NC1=NC(=N4)c2cc3cccc(C)c3cc21.O. The van der Waals surface area contributed by atoms with Gasteiger partial charge in [-0.1, -0.05) is 0 Å². The Morgan fingerprint density at radius 2 is 0.663 bits per heavy atom. The molecule has 92 heavy (non-hydrogen) atoms. The molecule has 2 aromatic heterocycles. The summed E-state index contributed by atoms with van der Waals surface area (Å²) < 4.78 is 139. The molecule has 6 bridgehead atoms. The number of rotatable bonds is 15. The van der Waals surface area contributed by atoms with E-state index in [1.54, 1.807) is 123 Å². The molecule has 0 aliphatic carbocycles. The minimum atomic E-state index is -6.27. The van der Waals surface area contributed by atoms with Crippen LogP contribution < -0.4 is 11.0 Å². The fraction of sp³-hybridized carbons (Fsp3) is 0.284. The van der Waals surface area contributed by atoms with Crippen LogP contribution in [0.25, 0.3) is 64.6 Å². The second-order valence-corrected chi connectivity index (χ2v) is 35.2. The van der Waals surface area contributed by atoms with E-state index in [0.29, 0.717) is 94.2 Å². The van der Waals surface area contributed by atoms with Crippen LogP contribution in [-0.2, 0) is 29.4 Å². The number of aryl methyl sites for hydroxylation is 1. The first-order valence-corrected chi connectivity index (χ1v) is 38.5. The van der Waals surface area contributed by atoms with Gasteiger partial charge in [0.1, 0.15) is 0 Å². The molecule has 4 aliphatic rings. The van der Waals surface area contributed by atoms with E-state index in [1.165, 1.54) is 18.2 Å². The number of hydrogen-bond donors (Lipinski definition) is 0. The molecule has 477 valence electrons. The Labute approximate surface area is 539 Å². The van der Waals surface area contributed by atoms with E-state index in [2.05, 4.69) is 6.07 Å². The van der Waals surface area contributed by atoms with E-state index in [9.17, 15) is 0 Å². The molecule has 21 nitrogen and oxygen atoms in total. The van der Waals surface area contributed by atoms with Crippen molar-refractivity contribution in [3.8, 4) is 0 Å². The second-order valence-electron chi connectivity index (χ2n) is 24.3. The Bertz CT molecular complexity index is 5440. The maximum absolute atomic E-state index is 15.3.